The van der Waals surface area contributed by atoms with E-state index in [0.29, 0.717) is 17.4 Å². The Labute approximate surface area is 183 Å². The molecular weight excluding hydrogens is 396 g/mol. The number of likely N-dealkylation sites (N-methyl/N-ethyl adjacent to an activating group) is 1. The van der Waals surface area contributed by atoms with Crippen LogP contribution in [0, 0.1) is 5.41 Å². The summed E-state index contributed by atoms with van der Waals surface area (Å²) in [6.07, 6.45) is 6.75. The second-order valence-corrected chi connectivity index (χ2v) is 9.65. The van der Waals surface area contributed by atoms with Gasteiger partial charge in [0.15, 0.2) is 5.13 Å². The molecule has 6 nitrogen and oxygen atoms in total. The molecule has 162 valence electrons. The number of carbonyl (C=O) groups is 1. The van der Waals surface area contributed by atoms with Gasteiger partial charge in [0.25, 0.3) is 5.91 Å². The number of amides is 1. The highest BCUT2D eigenvalue weighted by Crippen LogP contribution is 2.38. The minimum Gasteiger partial charge on any atom is -0.492 e. The van der Waals surface area contributed by atoms with Crippen LogP contribution in [0.1, 0.15) is 48.2 Å². The van der Waals surface area contributed by atoms with Gasteiger partial charge in [0.2, 0.25) is 0 Å². The Kier molecular flexibility index (Phi) is 6.58. The van der Waals surface area contributed by atoms with E-state index in [2.05, 4.69) is 41.2 Å². The number of aromatic nitrogens is 1. The van der Waals surface area contributed by atoms with Crippen LogP contribution in [0.15, 0.2) is 29.6 Å². The van der Waals surface area contributed by atoms with E-state index in [1.807, 2.05) is 4.90 Å². The molecule has 1 spiro atoms. The molecule has 1 fully saturated rings. The maximum absolute atomic E-state index is 12.8. The van der Waals surface area contributed by atoms with E-state index in [9.17, 15) is 4.79 Å². The average Bonchev–Trinajstić information content (AvgIpc) is 3.18. The lowest BCUT2D eigenvalue weighted by molar-refractivity contribution is 0.0421. The van der Waals surface area contributed by atoms with Gasteiger partial charge in [-0.05, 0) is 56.2 Å². The number of nitrogens with two attached hydrogens (primary N) is 1. The van der Waals surface area contributed by atoms with Crippen molar-refractivity contribution in [3.63, 3.8) is 0 Å². The van der Waals surface area contributed by atoms with Gasteiger partial charge < -0.3 is 20.3 Å². The Morgan fingerprint density at radius 3 is 2.73 bits per heavy atom. The summed E-state index contributed by atoms with van der Waals surface area (Å²) in [5, 5.41) is 2.22. The van der Waals surface area contributed by atoms with Crippen molar-refractivity contribution in [1.82, 2.24) is 14.8 Å². The molecule has 0 unspecified atom stereocenters. The molecule has 0 aliphatic carbocycles. The number of thiazole rings is 1. The van der Waals surface area contributed by atoms with Crippen LogP contribution in [0.3, 0.4) is 0 Å². The summed E-state index contributed by atoms with van der Waals surface area (Å²) in [6, 6.07) is 8.43. The lowest BCUT2D eigenvalue weighted by Gasteiger charge is -2.44. The summed E-state index contributed by atoms with van der Waals surface area (Å²) in [5.74, 6) is 1.06. The SMILES string of the molecule is CN1CCOc2ccccc2CCCCC2(CCN(C(=O)c3csc(N)n3)CC2)C1. The number of hydrogen-bond donors (Lipinski definition) is 1. The average molecular weight is 429 g/mol. The Morgan fingerprint density at radius 1 is 1.17 bits per heavy atom. The van der Waals surface area contributed by atoms with Crippen LogP contribution in [0.4, 0.5) is 5.13 Å². The Morgan fingerprint density at radius 2 is 1.97 bits per heavy atom. The molecule has 1 amide bonds. The van der Waals surface area contributed by atoms with Crippen LogP contribution in [0.5, 0.6) is 5.75 Å². The molecule has 4 rings (SSSR count). The first-order chi connectivity index (χ1) is 14.5. The molecule has 3 heterocycles. The maximum Gasteiger partial charge on any atom is 0.273 e. The number of fused-ring (bicyclic) bond motifs is 1. The van der Waals surface area contributed by atoms with Crippen LogP contribution >= 0.6 is 11.3 Å². The molecule has 1 aromatic carbocycles. The van der Waals surface area contributed by atoms with Crippen molar-refractivity contribution < 1.29 is 9.53 Å². The number of anilines is 1. The molecule has 0 bridgehead atoms. The van der Waals surface area contributed by atoms with Gasteiger partial charge in [0, 0.05) is 31.6 Å². The number of nitrogen functional groups attached to an aromatic ring is 1. The minimum atomic E-state index is 0.0179. The summed E-state index contributed by atoms with van der Waals surface area (Å²) in [4.78, 5) is 21.3. The molecule has 0 atom stereocenters. The van der Waals surface area contributed by atoms with Crippen LogP contribution in [0.2, 0.25) is 0 Å². The fourth-order valence-electron chi connectivity index (χ4n) is 4.85. The molecule has 2 aliphatic heterocycles. The summed E-state index contributed by atoms with van der Waals surface area (Å²) in [6.45, 7) is 4.27. The Hall–Kier alpha value is -2.12. The first kappa shape index (κ1) is 21.1. The summed E-state index contributed by atoms with van der Waals surface area (Å²) >= 11 is 1.33. The number of para-hydroxylation sites is 1. The summed E-state index contributed by atoms with van der Waals surface area (Å²) < 4.78 is 6.10. The van der Waals surface area contributed by atoms with Gasteiger partial charge >= 0.3 is 0 Å². The molecular formula is C23H32N4O2S. The Balaban J connectivity index is 1.40. The number of benzene rings is 1. The van der Waals surface area contributed by atoms with Gasteiger partial charge in [-0.15, -0.1) is 11.3 Å². The number of carbonyl (C=O) groups excluding carboxylic acids is 1. The fourth-order valence-corrected chi connectivity index (χ4v) is 5.39. The third-order valence-corrected chi connectivity index (χ3v) is 7.24. The second-order valence-electron chi connectivity index (χ2n) is 8.76. The highest BCUT2D eigenvalue weighted by atomic mass is 32.1. The zero-order valence-corrected chi connectivity index (χ0v) is 18.6. The predicted octanol–water partition coefficient (Wildman–Crippen LogP) is 3.68. The zero-order valence-electron chi connectivity index (χ0n) is 17.8. The van der Waals surface area contributed by atoms with E-state index in [-0.39, 0.29) is 11.3 Å². The first-order valence-corrected chi connectivity index (χ1v) is 11.8. The normalized spacial score (nSPS) is 20.6. The van der Waals surface area contributed by atoms with Gasteiger partial charge in [-0.2, -0.15) is 0 Å². The zero-order chi connectivity index (χ0) is 21.0. The number of likely N-dealkylation sites (tertiary alicyclic amines) is 1. The molecule has 0 saturated carbocycles. The number of hydrogen-bond acceptors (Lipinski definition) is 6. The highest BCUT2D eigenvalue weighted by Gasteiger charge is 2.37. The molecule has 7 heteroatoms. The van der Waals surface area contributed by atoms with Crippen molar-refractivity contribution in [1.29, 1.82) is 0 Å². The third-order valence-electron chi connectivity index (χ3n) is 6.56. The monoisotopic (exact) mass is 428 g/mol. The van der Waals surface area contributed by atoms with E-state index in [0.717, 1.165) is 51.2 Å². The van der Waals surface area contributed by atoms with Crippen LogP contribution in [0.25, 0.3) is 0 Å². The highest BCUT2D eigenvalue weighted by molar-refractivity contribution is 7.13. The number of nitrogens with zero attached hydrogens (tertiary/aromatic N) is 3. The largest absolute Gasteiger partial charge is 0.492 e. The van der Waals surface area contributed by atoms with Crippen molar-refractivity contribution in [2.75, 3.05) is 45.6 Å². The number of rotatable bonds is 1. The smallest absolute Gasteiger partial charge is 0.273 e. The topological polar surface area (TPSA) is 71.7 Å². The maximum atomic E-state index is 12.8. The second kappa shape index (κ2) is 9.35. The van der Waals surface area contributed by atoms with Crippen molar-refractivity contribution in [3.8, 4) is 5.75 Å². The molecule has 1 aromatic heterocycles. The first-order valence-electron chi connectivity index (χ1n) is 10.9. The van der Waals surface area contributed by atoms with Gasteiger partial charge in [-0.3, -0.25) is 4.79 Å². The lowest BCUT2D eigenvalue weighted by Crippen LogP contribution is -2.48. The van der Waals surface area contributed by atoms with E-state index >= 15 is 0 Å². The molecule has 2 aliphatic rings. The Bertz CT molecular complexity index is 860. The summed E-state index contributed by atoms with van der Waals surface area (Å²) in [5.41, 5.74) is 7.78. The van der Waals surface area contributed by atoms with E-state index in [1.54, 1.807) is 5.38 Å². The predicted molar refractivity (Wildman–Crippen MR) is 121 cm³/mol. The van der Waals surface area contributed by atoms with Crippen LogP contribution < -0.4 is 10.5 Å². The molecule has 30 heavy (non-hydrogen) atoms. The number of piperidine rings is 1. The summed E-state index contributed by atoms with van der Waals surface area (Å²) in [7, 11) is 2.19. The van der Waals surface area contributed by atoms with Gasteiger partial charge in [0.1, 0.15) is 18.1 Å². The molecule has 2 N–H and O–H groups in total. The van der Waals surface area contributed by atoms with Crippen molar-refractivity contribution in [2.24, 2.45) is 5.41 Å². The quantitative estimate of drug-likeness (QED) is 0.750. The molecule has 0 radical (unpaired) electrons. The van der Waals surface area contributed by atoms with Gasteiger partial charge in [0.05, 0.1) is 0 Å². The third kappa shape index (κ3) is 4.95. The van der Waals surface area contributed by atoms with Gasteiger partial charge in [-0.1, -0.05) is 24.6 Å². The standard InChI is InChI=1S/C23H32N4O2S/c1-26-14-15-29-20-8-3-2-6-18(20)7-4-5-9-23(17-26)10-12-27(13-11-23)21(28)19-16-30-22(24)25-19/h2-3,6,8,16H,4-5,7,9-15,17H2,1H3,(H2,24,25). The fraction of sp³-hybridized carbons (Fsp3) is 0.565. The number of ether oxygens (including phenoxy) is 1. The van der Waals surface area contributed by atoms with Crippen molar-refractivity contribution in [3.05, 3.63) is 40.9 Å². The van der Waals surface area contributed by atoms with Crippen LogP contribution in [-0.4, -0.2) is 60.5 Å². The molecule has 2 aromatic rings. The lowest BCUT2D eigenvalue weighted by atomic mass is 9.73. The van der Waals surface area contributed by atoms with Gasteiger partial charge in [-0.25, -0.2) is 4.98 Å². The van der Waals surface area contributed by atoms with Crippen molar-refractivity contribution >= 4 is 22.4 Å². The van der Waals surface area contributed by atoms with Crippen molar-refractivity contribution in [2.45, 2.75) is 38.5 Å². The van der Waals surface area contributed by atoms with Crippen LogP contribution in [-0.2, 0) is 6.42 Å². The minimum absolute atomic E-state index is 0.0179. The van der Waals surface area contributed by atoms with E-state index in [4.69, 9.17) is 10.5 Å². The molecule has 1 saturated heterocycles. The van der Waals surface area contributed by atoms with E-state index < -0.39 is 0 Å². The number of aryl methyl sites for hydroxylation is 1. The van der Waals surface area contributed by atoms with E-state index in [1.165, 1.54) is 36.2 Å².